The van der Waals surface area contributed by atoms with E-state index >= 15 is 0 Å². The Kier molecular flexibility index (Phi) is 3.84. The van der Waals surface area contributed by atoms with Gasteiger partial charge in [0, 0.05) is 11.9 Å². The number of pyridine rings is 1. The Morgan fingerprint density at radius 1 is 0.840 bits per heavy atom. The molecule has 122 valence electrons. The number of fused-ring (bicyclic) bond motifs is 1. The third kappa shape index (κ3) is 3.05. The summed E-state index contributed by atoms with van der Waals surface area (Å²) in [5, 5.41) is 14.2. The highest BCUT2D eigenvalue weighted by molar-refractivity contribution is 6.07. The first-order valence-corrected chi connectivity index (χ1v) is 7.83. The Labute approximate surface area is 144 Å². The fourth-order valence-corrected chi connectivity index (χ4v) is 2.56. The molecule has 0 saturated carbocycles. The summed E-state index contributed by atoms with van der Waals surface area (Å²) in [6, 6.07) is 22.6. The summed E-state index contributed by atoms with van der Waals surface area (Å²) in [4.78, 5) is 12.7. The molecule has 0 aliphatic heterocycles. The Bertz CT molecular complexity index is 1030. The predicted molar refractivity (Wildman–Crippen MR) is 97.1 cm³/mol. The number of aromatic nitrogens is 3. The topological polar surface area (TPSA) is 71.3 Å². The van der Waals surface area contributed by atoms with Gasteiger partial charge in [-0.2, -0.15) is 0 Å². The minimum atomic E-state index is -0.253. The summed E-state index contributed by atoms with van der Waals surface area (Å²) in [5.74, 6) is 0.132. The first-order chi connectivity index (χ1) is 12.3. The van der Waals surface area contributed by atoms with Gasteiger partial charge in [-0.25, -0.2) is 0 Å². The molecule has 4 aromatic rings. The van der Waals surface area contributed by atoms with Gasteiger partial charge in [-0.05, 0) is 36.4 Å². The molecule has 25 heavy (non-hydrogen) atoms. The molecule has 0 aliphatic carbocycles. The van der Waals surface area contributed by atoms with Crippen LogP contribution in [0.5, 0.6) is 0 Å². The summed E-state index contributed by atoms with van der Waals surface area (Å²) < 4.78 is 1.73. The van der Waals surface area contributed by atoms with E-state index in [1.807, 2.05) is 66.7 Å². The normalized spacial score (nSPS) is 10.6. The van der Waals surface area contributed by atoms with Gasteiger partial charge in [-0.15, -0.1) is 10.2 Å². The lowest BCUT2D eigenvalue weighted by Crippen LogP contribution is -2.15. The molecule has 2 heterocycles. The third-order valence-electron chi connectivity index (χ3n) is 3.76. The van der Waals surface area contributed by atoms with E-state index in [0.717, 1.165) is 11.4 Å². The van der Waals surface area contributed by atoms with Crippen LogP contribution in [0.3, 0.4) is 0 Å². The van der Waals surface area contributed by atoms with E-state index in [2.05, 4.69) is 20.8 Å². The minimum Gasteiger partial charge on any atom is -0.355 e. The Balaban J connectivity index is 1.62. The number of benzene rings is 2. The molecule has 0 unspecified atom stereocenters. The second-order valence-electron chi connectivity index (χ2n) is 5.44. The highest BCUT2D eigenvalue weighted by Gasteiger charge is 2.14. The molecule has 0 saturated heterocycles. The molecule has 2 aromatic carbocycles. The third-order valence-corrected chi connectivity index (χ3v) is 3.76. The second-order valence-corrected chi connectivity index (χ2v) is 5.44. The number of nitrogens with zero attached hydrogens (tertiary/aromatic N) is 3. The molecule has 0 spiro atoms. The van der Waals surface area contributed by atoms with Crippen LogP contribution in [-0.4, -0.2) is 20.5 Å². The number of amides is 1. The number of nitrogens with one attached hydrogen (secondary N) is 2. The monoisotopic (exact) mass is 329 g/mol. The van der Waals surface area contributed by atoms with E-state index in [0.29, 0.717) is 17.2 Å². The van der Waals surface area contributed by atoms with Gasteiger partial charge in [0.1, 0.15) is 0 Å². The van der Waals surface area contributed by atoms with Crippen LogP contribution in [0.2, 0.25) is 0 Å². The summed E-state index contributed by atoms with van der Waals surface area (Å²) in [6.07, 6.45) is 1.80. The van der Waals surface area contributed by atoms with Crippen LogP contribution in [0.15, 0.2) is 79.0 Å². The first-order valence-electron chi connectivity index (χ1n) is 7.83. The van der Waals surface area contributed by atoms with E-state index in [1.165, 1.54) is 0 Å². The van der Waals surface area contributed by atoms with E-state index in [1.54, 1.807) is 16.7 Å². The highest BCUT2D eigenvalue weighted by Crippen LogP contribution is 2.21. The number of rotatable bonds is 4. The number of para-hydroxylation sites is 2. The van der Waals surface area contributed by atoms with Gasteiger partial charge in [0.05, 0.1) is 11.3 Å². The number of carbonyl (C=O) groups excluding carboxylic acids is 1. The van der Waals surface area contributed by atoms with Crippen LogP contribution in [0.25, 0.3) is 5.65 Å². The van der Waals surface area contributed by atoms with Crippen molar-refractivity contribution in [3.8, 4) is 0 Å². The molecule has 2 N–H and O–H groups in total. The highest BCUT2D eigenvalue weighted by atomic mass is 16.1. The van der Waals surface area contributed by atoms with Crippen molar-refractivity contribution in [2.75, 3.05) is 10.6 Å². The number of anilines is 3. The zero-order chi connectivity index (χ0) is 17.1. The predicted octanol–water partition coefficient (Wildman–Crippen LogP) is 3.73. The standard InChI is InChI=1S/C19H15N5O/c25-18(21-19-23-22-17-12-6-7-13-24(17)19)15-10-4-5-11-16(15)20-14-8-2-1-3-9-14/h1-13,20H,(H,21,23,25). The number of hydrogen-bond donors (Lipinski definition) is 2. The quantitative estimate of drug-likeness (QED) is 0.598. The molecule has 0 aliphatic rings. The molecule has 6 heteroatoms. The van der Waals surface area contributed by atoms with Gasteiger partial charge in [-0.1, -0.05) is 36.4 Å². The van der Waals surface area contributed by atoms with Crippen LogP contribution in [0, 0.1) is 0 Å². The maximum absolute atomic E-state index is 12.7. The maximum atomic E-state index is 12.7. The zero-order valence-corrected chi connectivity index (χ0v) is 13.3. The minimum absolute atomic E-state index is 0.253. The largest absolute Gasteiger partial charge is 0.355 e. The first kappa shape index (κ1) is 14.9. The molecule has 4 rings (SSSR count). The Morgan fingerprint density at radius 2 is 1.60 bits per heavy atom. The molecule has 6 nitrogen and oxygen atoms in total. The molecular weight excluding hydrogens is 314 g/mol. The van der Waals surface area contributed by atoms with Crippen molar-refractivity contribution in [1.29, 1.82) is 0 Å². The fraction of sp³-hybridized carbons (Fsp3) is 0. The number of hydrogen-bond acceptors (Lipinski definition) is 4. The van der Waals surface area contributed by atoms with Crippen molar-refractivity contribution in [2.45, 2.75) is 0 Å². The van der Waals surface area contributed by atoms with E-state index in [9.17, 15) is 4.79 Å². The SMILES string of the molecule is O=C(Nc1nnc2ccccn12)c1ccccc1Nc1ccccc1. The van der Waals surface area contributed by atoms with Gasteiger partial charge in [0.25, 0.3) is 5.91 Å². The fourth-order valence-electron chi connectivity index (χ4n) is 2.56. The van der Waals surface area contributed by atoms with E-state index < -0.39 is 0 Å². The van der Waals surface area contributed by atoms with Crippen molar-refractivity contribution in [2.24, 2.45) is 0 Å². The van der Waals surface area contributed by atoms with Crippen molar-refractivity contribution in [3.63, 3.8) is 0 Å². The Morgan fingerprint density at radius 3 is 2.48 bits per heavy atom. The van der Waals surface area contributed by atoms with Crippen molar-refractivity contribution < 1.29 is 4.79 Å². The van der Waals surface area contributed by atoms with Crippen molar-refractivity contribution in [3.05, 3.63) is 84.6 Å². The second kappa shape index (κ2) is 6.45. The lowest BCUT2D eigenvalue weighted by molar-refractivity contribution is 0.102. The van der Waals surface area contributed by atoms with Crippen molar-refractivity contribution in [1.82, 2.24) is 14.6 Å². The number of carbonyl (C=O) groups is 1. The molecule has 1 amide bonds. The van der Waals surface area contributed by atoms with Gasteiger partial charge in [0.2, 0.25) is 5.95 Å². The van der Waals surface area contributed by atoms with E-state index in [4.69, 9.17) is 0 Å². The van der Waals surface area contributed by atoms with Crippen LogP contribution in [0.1, 0.15) is 10.4 Å². The molecule has 2 aromatic heterocycles. The van der Waals surface area contributed by atoms with E-state index in [-0.39, 0.29) is 5.91 Å². The van der Waals surface area contributed by atoms with Gasteiger partial charge >= 0.3 is 0 Å². The lowest BCUT2D eigenvalue weighted by Gasteiger charge is -2.11. The van der Waals surface area contributed by atoms with Crippen LogP contribution in [0.4, 0.5) is 17.3 Å². The summed E-state index contributed by atoms with van der Waals surface area (Å²) in [5.41, 5.74) is 2.84. The Hall–Kier alpha value is -3.67. The molecule has 0 fully saturated rings. The summed E-state index contributed by atoms with van der Waals surface area (Å²) in [7, 11) is 0. The van der Waals surface area contributed by atoms with Crippen LogP contribution >= 0.6 is 0 Å². The average molecular weight is 329 g/mol. The smallest absolute Gasteiger partial charge is 0.260 e. The molecule has 0 bridgehead atoms. The average Bonchev–Trinajstić information content (AvgIpc) is 3.06. The summed E-state index contributed by atoms with van der Waals surface area (Å²) >= 11 is 0. The van der Waals surface area contributed by atoms with Gasteiger partial charge < -0.3 is 5.32 Å². The van der Waals surface area contributed by atoms with Gasteiger partial charge in [-0.3, -0.25) is 14.5 Å². The molecular formula is C19H15N5O. The van der Waals surface area contributed by atoms with Gasteiger partial charge in [0.15, 0.2) is 5.65 Å². The van der Waals surface area contributed by atoms with Crippen LogP contribution < -0.4 is 10.6 Å². The summed E-state index contributed by atoms with van der Waals surface area (Å²) in [6.45, 7) is 0. The maximum Gasteiger partial charge on any atom is 0.260 e. The van der Waals surface area contributed by atoms with Crippen molar-refractivity contribution >= 4 is 28.9 Å². The van der Waals surface area contributed by atoms with Crippen LogP contribution in [-0.2, 0) is 0 Å². The zero-order valence-electron chi connectivity index (χ0n) is 13.3. The molecule has 0 atom stereocenters. The lowest BCUT2D eigenvalue weighted by atomic mass is 10.1. The molecule has 0 radical (unpaired) electrons.